The van der Waals surface area contributed by atoms with Crippen LogP contribution in [0.1, 0.15) is 22.7 Å². The van der Waals surface area contributed by atoms with Crippen LogP contribution in [0.3, 0.4) is 0 Å². The van der Waals surface area contributed by atoms with Crippen LogP contribution >= 0.6 is 0 Å². The Hall–Kier alpha value is -3.20. The number of aryl methyl sites for hydroxylation is 1. The average molecular weight is 323 g/mol. The topological polar surface area (TPSA) is 90.3 Å². The van der Waals surface area contributed by atoms with Crippen LogP contribution < -0.4 is 20.8 Å². The van der Waals surface area contributed by atoms with Gasteiger partial charge in [-0.3, -0.25) is 4.79 Å². The molecule has 0 bridgehead atoms. The largest absolute Gasteiger partial charge is 0.496 e. The number of methoxy groups -OCH3 is 1. The number of hydrogen-bond donors (Lipinski definition) is 1. The molecule has 2 heterocycles. The van der Waals surface area contributed by atoms with Gasteiger partial charge in [-0.1, -0.05) is 18.2 Å². The molecule has 2 N–H and O–H groups in total. The van der Waals surface area contributed by atoms with Gasteiger partial charge in [0.1, 0.15) is 23.1 Å². The van der Waals surface area contributed by atoms with E-state index in [1.807, 2.05) is 25.1 Å². The summed E-state index contributed by atoms with van der Waals surface area (Å²) >= 11 is 0. The van der Waals surface area contributed by atoms with Crippen molar-refractivity contribution < 1.29 is 9.47 Å². The van der Waals surface area contributed by atoms with Gasteiger partial charge in [0.25, 0.3) is 5.56 Å². The van der Waals surface area contributed by atoms with Gasteiger partial charge in [-0.2, -0.15) is 5.26 Å². The Morgan fingerprint density at radius 3 is 2.75 bits per heavy atom. The molecule has 1 aromatic heterocycles. The lowest BCUT2D eigenvalue weighted by molar-refractivity contribution is 0.383. The van der Waals surface area contributed by atoms with Crippen molar-refractivity contribution >= 4 is 0 Å². The lowest BCUT2D eigenvalue weighted by Gasteiger charge is -2.27. The number of allylic oxidation sites excluding steroid dienone is 1. The Labute approximate surface area is 139 Å². The van der Waals surface area contributed by atoms with Crippen molar-refractivity contribution in [2.24, 2.45) is 12.8 Å². The molecule has 24 heavy (non-hydrogen) atoms. The summed E-state index contributed by atoms with van der Waals surface area (Å²) in [5, 5.41) is 9.58. The standard InChI is InChI=1S/C18H17N3O3/c1-10-8-14-16(18(22)21(10)2)15(12(9-19)17(20)24-14)11-6-4-5-7-13(11)23-3/h4-8,15H,20H2,1-3H3/t15-/m1/s1. The smallest absolute Gasteiger partial charge is 0.258 e. The first-order chi connectivity index (χ1) is 11.5. The number of aromatic nitrogens is 1. The van der Waals surface area contributed by atoms with Gasteiger partial charge in [0.15, 0.2) is 0 Å². The third kappa shape index (κ3) is 2.22. The summed E-state index contributed by atoms with van der Waals surface area (Å²) in [7, 11) is 3.23. The summed E-state index contributed by atoms with van der Waals surface area (Å²) in [6.07, 6.45) is 0. The SMILES string of the molecule is COc1ccccc1[C@@H]1C(C#N)=C(N)Oc2cc(C)n(C)c(=O)c21. The molecule has 0 fully saturated rings. The molecule has 1 aliphatic heterocycles. The number of nitrogens with two attached hydrogens (primary N) is 1. The minimum absolute atomic E-state index is 0.00793. The fraction of sp³-hybridized carbons (Fsp3) is 0.222. The molecular weight excluding hydrogens is 306 g/mol. The van der Waals surface area contributed by atoms with E-state index in [9.17, 15) is 10.1 Å². The maximum Gasteiger partial charge on any atom is 0.258 e. The van der Waals surface area contributed by atoms with E-state index in [1.165, 1.54) is 4.57 Å². The second-order valence-electron chi connectivity index (χ2n) is 5.59. The third-order valence-corrected chi connectivity index (χ3v) is 4.30. The van der Waals surface area contributed by atoms with Gasteiger partial charge in [-0.25, -0.2) is 0 Å². The number of para-hydroxylation sites is 1. The van der Waals surface area contributed by atoms with Crippen LogP contribution in [0.15, 0.2) is 46.6 Å². The van der Waals surface area contributed by atoms with Gasteiger partial charge in [0.2, 0.25) is 5.88 Å². The zero-order valence-electron chi connectivity index (χ0n) is 13.7. The highest BCUT2D eigenvalue weighted by Crippen LogP contribution is 2.43. The van der Waals surface area contributed by atoms with Crippen LogP contribution in [0.4, 0.5) is 0 Å². The molecule has 122 valence electrons. The fourth-order valence-electron chi connectivity index (χ4n) is 2.96. The molecule has 0 saturated carbocycles. The molecule has 0 saturated heterocycles. The molecule has 0 spiro atoms. The molecule has 0 unspecified atom stereocenters. The van der Waals surface area contributed by atoms with Crippen molar-refractivity contribution in [1.29, 1.82) is 5.26 Å². The van der Waals surface area contributed by atoms with Crippen LogP contribution in [0.5, 0.6) is 11.5 Å². The van der Waals surface area contributed by atoms with E-state index < -0.39 is 5.92 Å². The van der Waals surface area contributed by atoms with Crippen molar-refractivity contribution in [1.82, 2.24) is 4.57 Å². The van der Waals surface area contributed by atoms with E-state index in [0.29, 0.717) is 22.6 Å². The number of rotatable bonds is 2. The van der Waals surface area contributed by atoms with E-state index in [0.717, 1.165) is 5.69 Å². The predicted octanol–water partition coefficient (Wildman–Crippen LogP) is 1.92. The molecule has 0 amide bonds. The highest BCUT2D eigenvalue weighted by molar-refractivity contribution is 5.58. The third-order valence-electron chi connectivity index (χ3n) is 4.30. The molecule has 1 aliphatic rings. The van der Waals surface area contributed by atoms with Crippen molar-refractivity contribution in [2.75, 3.05) is 7.11 Å². The zero-order chi connectivity index (χ0) is 17.4. The summed E-state index contributed by atoms with van der Waals surface area (Å²) in [6, 6.07) is 11.1. The van der Waals surface area contributed by atoms with Crippen LogP contribution in [0, 0.1) is 18.3 Å². The van der Waals surface area contributed by atoms with Crippen LogP contribution in [-0.2, 0) is 7.05 Å². The number of benzene rings is 1. The quantitative estimate of drug-likeness (QED) is 0.912. The second kappa shape index (κ2) is 5.78. The van der Waals surface area contributed by atoms with Crippen molar-refractivity contribution in [3.05, 3.63) is 69.0 Å². The lowest BCUT2D eigenvalue weighted by atomic mass is 9.83. The minimum Gasteiger partial charge on any atom is -0.496 e. The summed E-state index contributed by atoms with van der Waals surface area (Å²) in [5.74, 6) is 0.337. The Morgan fingerprint density at radius 2 is 2.08 bits per heavy atom. The molecule has 0 aliphatic carbocycles. The number of hydrogen-bond acceptors (Lipinski definition) is 5. The number of fused-ring (bicyclic) bond motifs is 1. The van der Waals surface area contributed by atoms with E-state index in [4.69, 9.17) is 15.2 Å². The van der Waals surface area contributed by atoms with Crippen LogP contribution in [-0.4, -0.2) is 11.7 Å². The Balaban J connectivity index is 2.38. The fourth-order valence-corrected chi connectivity index (χ4v) is 2.96. The number of ether oxygens (including phenoxy) is 2. The Morgan fingerprint density at radius 1 is 1.38 bits per heavy atom. The number of nitriles is 1. The molecule has 1 aromatic carbocycles. The maximum atomic E-state index is 12.9. The summed E-state index contributed by atoms with van der Waals surface area (Å²) in [6.45, 7) is 1.81. The first-order valence-corrected chi connectivity index (χ1v) is 7.40. The van der Waals surface area contributed by atoms with Gasteiger partial charge >= 0.3 is 0 Å². The first kappa shape index (κ1) is 15.7. The molecule has 0 radical (unpaired) electrons. The number of pyridine rings is 1. The van der Waals surface area contributed by atoms with Crippen molar-refractivity contribution in [2.45, 2.75) is 12.8 Å². The van der Waals surface area contributed by atoms with Gasteiger partial charge in [0, 0.05) is 24.4 Å². The van der Waals surface area contributed by atoms with Crippen LogP contribution in [0.25, 0.3) is 0 Å². The van der Waals surface area contributed by atoms with E-state index in [1.54, 1.807) is 26.3 Å². The highest BCUT2D eigenvalue weighted by Gasteiger charge is 2.35. The number of nitrogens with zero attached hydrogens (tertiary/aromatic N) is 2. The van der Waals surface area contributed by atoms with Gasteiger partial charge in [-0.05, 0) is 13.0 Å². The normalized spacial score (nSPS) is 16.2. The maximum absolute atomic E-state index is 12.9. The average Bonchev–Trinajstić information content (AvgIpc) is 2.58. The Kier molecular flexibility index (Phi) is 3.78. The van der Waals surface area contributed by atoms with Gasteiger partial charge in [0.05, 0.1) is 18.6 Å². The molecular formula is C18H17N3O3. The van der Waals surface area contributed by atoms with Crippen molar-refractivity contribution in [3.8, 4) is 17.6 Å². The second-order valence-corrected chi connectivity index (χ2v) is 5.59. The van der Waals surface area contributed by atoms with E-state index in [-0.39, 0.29) is 17.0 Å². The molecule has 6 nitrogen and oxygen atoms in total. The van der Waals surface area contributed by atoms with Gasteiger partial charge in [-0.15, -0.1) is 0 Å². The summed E-state index contributed by atoms with van der Waals surface area (Å²) < 4.78 is 12.5. The van der Waals surface area contributed by atoms with Crippen molar-refractivity contribution in [3.63, 3.8) is 0 Å². The van der Waals surface area contributed by atoms with Gasteiger partial charge < -0.3 is 19.8 Å². The summed E-state index contributed by atoms with van der Waals surface area (Å²) in [5.41, 5.74) is 7.76. The van der Waals surface area contributed by atoms with Crippen LogP contribution in [0.2, 0.25) is 0 Å². The minimum atomic E-state index is -0.630. The van der Waals surface area contributed by atoms with E-state index in [2.05, 4.69) is 6.07 Å². The Bertz CT molecular complexity index is 951. The zero-order valence-corrected chi connectivity index (χ0v) is 13.7. The first-order valence-electron chi connectivity index (χ1n) is 7.40. The molecule has 3 rings (SSSR count). The molecule has 6 heteroatoms. The summed E-state index contributed by atoms with van der Waals surface area (Å²) in [4.78, 5) is 12.9. The monoisotopic (exact) mass is 323 g/mol. The molecule has 1 atom stereocenters. The molecule has 2 aromatic rings. The lowest BCUT2D eigenvalue weighted by Crippen LogP contribution is -2.31. The van der Waals surface area contributed by atoms with E-state index >= 15 is 0 Å². The highest BCUT2D eigenvalue weighted by atomic mass is 16.5. The predicted molar refractivity (Wildman–Crippen MR) is 88.7 cm³/mol.